The van der Waals surface area contributed by atoms with Crippen LogP contribution in [0.2, 0.25) is 0 Å². The summed E-state index contributed by atoms with van der Waals surface area (Å²) in [7, 11) is 0. The highest BCUT2D eigenvalue weighted by molar-refractivity contribution is 7.97. The first-order valence-corrected chi connectivity index (χ1v) is 2.52. The maximum atomic E-state index is 11.0. The second kappa shape index (κ2) is 2.91. The van der Waals surface area contributed by atoms with Crippen LogP contribution in [0.5, 0.6) is 0 Å². The average Bonchev–Trinajstić information content (AvgIpc) is 1.59. The highest BCUT2D eigenvalue weighted by Crippen LogP contribution is 2.20. The Bertz CT molecular complexity index is 81.8. The van der Waals surface area contributed by atoms with Gasteiger partial charge in [0.25, 0.3) is 0 Å². The molecule has 0 bridgehead atoms. The lowest BCUT2D eigenvalue weighted by Crippen LogP contribution is -2.09. The van der Waals surface area contributed by atoms with Gasteiger partial charge in [-0.1, -0.05) is 0 Å². The first-order valence-electron chi connectivity index (χ1n) is 1.57. The zero-order valence-corrected chi connectivity index (χ0v) is 4.42. The van der Waals surface area contributed by atoms with Crippen molar-refractivity contribution in [1.29, 1.82) is 0 Å². The fourth-order valence-electron chi connectivity index (χ4n) is 0.0995. The molecule has 0 aromatic rings. The largest absolute Gasteiger partial charge is 0.399 e. The standard InChI is InChI=1S/C2H2F3NOS/c3-2(4,5)1-8-6-7/h1H2. The van der Waals surface area contributed by atoms with Gasteiger partial charge in [0.1, 0.15) is 5.75 Å². The maximum Gasteiger partial charge on any atom is 0.399 e. The van der Waals surface area contributed by atoms with Crippen LogP contribution in [0.25, 0.3) is 0 Å². The van der Waals surface area contributed by atoms with Crippen molar-refractivity contribution in [3.05, 3.63) is 4.91 Å². The van der Waals surface area contributed by atoms with E-state index in [4.69, 9.17) is 4.91 Å². The zero-order valence-electron chi connectivity index (χ0n) is 3.60. The molecule has 0 aromatic heterocycles. The molecule has 0 saturated heterocycles. The van der Waals surface area contributed by atoms with E-state index in [-0.39, 0.29) is 11.9 Å². The molecule has 0 aliphatic carbocycles. The topological polar surface area (TPSA) is 29.4 Å². The van der Waals surface area contributed by atoms with Gasteiger partial charge >= 0.3 is 6.18 Å². The first-order chi connectivity index (χ1) is 3.56. The summed E-state index contributed by atoms with van der Waals surface area (Å²) in [5.74, 6) is -1.20. The van der Waals surface area contributed by atoms with Crippen molar-refractivity contribution >= 4 is 11.9 Å². The van der Waals surface area contributed by atoms with Crippen LogP contribution in [0.1, 0.15) is 0 Å². The van der Waals surface area contributed by atoms with E-state index in [1.165, 1.54) is 0 Å². The van der Waals surface area contributed by atoms with Gasteiger partial charge in [0.2, 0.25) is 0 Å². The van der Waals surface area contributed by atoms with Crippen molar-refractivity contribution in [3.63, 3.8) is 0 Å². The third kappa shape index (κ3) is 5.74. The van der Waals surface area contributed by atoms with Crippen LogP contribution in [0.15, 0.2) is 4.58 Å². The summed E-state index contributed by atoms with van der Waals surface area (Å²) in [6, 6.07) is 0. The minimum absolute atomic E-state index is 0.0405. The van der Waals surface area contributed by atoms with Crippen molar-refractivity contribution in [2.24, 2.45) is 4.58 Å². The van der Waals surface area contributed by atoms with Gasteiger partial charge in [-0.05, 0) is 0 Å². The van der Waals surface area contributed by atoms with Crippen LogP contribution in [0.3, 0.4) is 0 Å². The van der Waals surface area contributed by atoms with Crippen LogP contribution in [0, 0.1) is 4.91 Å². The molecule has 0 aliphatic heterocycles. The highest BCUT2D eigenvalue weighted by atomic mass is 32.2. The molecule has 0 amide bonds. The summed E-state index contributed by atoms with van der Waals surface area (Å²) in [4.78, 5) is 9.06. The van der Waals surface area contributed by atoms with E-state index in [2.05, 4.69) is 0 Å². The minimum Gasteiger partial charge on any atom is -0.170 e. The predicted octanol–water partition coefficient (Wildman–Crippen LogP) is 1.96. The number of halogens is 3. The van der Waals surface area contributed by atoms with Gasteiger partial charge in [0, 0.05) is 16.5 Å². The monoisotopic (exact) mass is 145 g/mol. The summed E-state index contributed by atoms with van der Waals surface area (Å²) in [5.41, 5.74) is 0. The Morgan fingerprint density at radius 1 is 1.50 bits per heavy atom. The van der Waals surface area contributed by atoms with Crippen molar-refractivity contribution in [2.75, 3.05) is 5.75 Å². The lowest BCUT2D eigenvalue weighted by molar-refractivity contribution is -0.105. The van der Waals surface area contributed by atoms with Crippen LogP contribution in [-0.2, 0) is 0 Å². The molecule has 0 spiro atoms. The van der Waals surface area contributed by atoms with Crippen LogP contribution < -0.4 is 0 Å². The summed E-state index contributed by atoms with van der Waals surface area (Å²) in [6.45, 7) is 0. The summed E-state index contributed by atoms with van der Waals surface area (Å²) in [5, 5.41) is 0. The van der Waals surface area contributed by atoms with E-state index in [9.17, 15) is 13.2 Å². The smallest absolute Gasteiger partial charge is 0.170 e. The molecule has 6 heteroatoms. The summed E-state index contributed by atoms with van der Waals surface area (Å²) >= 11 is -0.0405. The second-order valence-corrected chi connectivity index (χ2v) is 1.66. The number of rotatable bonds is 2. The Labute approximate surface area is 47.6 Å². The fourth-order valence-corrected chi connectivity index (χ4v) is 0.299. The van der Waals surface area contributed by atoms with E-state index in [0.717, 1.165) is 0 Å². The molecular formula is C2H2F3NOS. The molecule has 0 N–H and O–H groups in total. The van der Waals surface area contributed by atoms with Crippen LogP contribution in [0.4, 0.5) is 13.2 Å². The lowest BCUT2D eigenvalue weighted by Gasteiger charge is -1.98. The highest BCUT2D eigenvalue weighted by Gasteiger charge is 2.27. The summed E-state index contributed by atoms with van der Waals surface area (Å²) < 4.78 is 35.0. The van der Waals surface area contributed by atoms with Gasteiger partial charge < -0.3 is 0 Å². The molecule has 0 rings (SSSR count). The van der Waals surface area contributed by atoms with Crippen molar-refractivity contribution in [2.45, 2.75) is 6.18 Å². The van der Waals surface area contributed by atoms with E-state index in [1.54, 1.807) is 0 Å². The third-order valence-electron chi connectivity index (χ3n) is 0.281. The van der Waals surface area contributed by atoms with Crippen molar-refractivity contribution in [3.8, 4) is 0 Å². The number of alkyl halides is 3. The lowest BCUT2D eigenvalue weighted by atomic mass is 10.8. The molecule has 0 radical (unpaired) electrons. The second-order valence-electron chi connectivity index (χ2n) is 0.963. The minimum atomic E-state index is -4.28. The Balaban J connectivity index is 3.24. The molecule has 0 aromatic carbocycles. The molecule has 48 valence electrons. The molecule has 2 nitrogen and oxygen atoms in total. The van der Waals surface area contributed by atoms with Gasteiger partial charge in [-0.3, -0.25) is 0 Å². The first kappa shape index (κ1) is 7.74. The van der Waals surface area contributed by atoms with E-state index >= 15 is 0 Å². The Hall–Kier alpha value is -0.260. The van der Waals surface area contributed by atoms with Gasteiger partial charge in [-0.25, -0.2) is 0 Å². The van der Waals surface area contributed by atoms with Gasteiger partial charge in [-0.2, -0.15) is 13.2 Å². The van der Waals surface area contributed by atoms with Gasteiger partial charge in [0.15, 0.2) is 0 Å². The Morgan fingerprint density at radius 2 is 2.00 bits per heavy atom. The normalized spacial score (nSPS) is 11.4. The number of nitroso groups, excluding NO2 is 1. The number of hydrogen-bond donors (Lipinski definition) is 0. The van der Waals surface area contributed by atoms with Crippen molar-refractivity contribution in [1.82, 2.24) is 0 Å². The fraction of sp³-hybridized carbons (Fsp3) is 1.00. The number of nitrogens with zero attached hydrogens (tertiary/aromatic N) is 1. The Morgan fingerprint density at radius 3 is 2.12 bits per heavy atom. The molecular weight excluding hydrogens is 143 g/mol. The number of hydrogen-bond acceptors (Lipinski definition) is 3. The molecule has 8 heavy (non-hydrogen) atoms. The molecule has 0 heterocycles. The van der Waals surface area contributed by atoms with Gasteiger partial charge in [0.05, 0.1) is 0 Å². The zero-order chi connectivity index (χ0) is 6.62. The molecule has 0 atom stereocenters. The summed E-state index contributed by atoms with van der Waals surface area (Å²) in [6.07, 6.45) is -4.28. The molecule has 0 fully saturated rings. The van der Waals surface area contributed by atoms with Crippen LogP contribution >= 0.6 is 11.9 Å². The Kier molecular flexibility index (Phi) is 2.81. The van der Waals surface area contributed by atoms with Gasteiger partial charge in [-0.15, -0.1) is 4.91 Å². The SMILES string of the molecule is O=NSCC(F)(F)F. The van der Waals surface area contributed by atoms with Crippen LogP contribution in [-0.4, -0.2) is 11.9 Å². The average molecular weight is 145 g/mol. The molecule has 0 unspecified atom stereocenters. The van der Waals surface area contributed by atoms with E-state index < -0.39 is 11.9 Å². The predicted molar refractivity (Wildman–Crippen MR) is 24.3 cm³/mol. The molecule has 0 aliphatic rings. The van der Waals surface area contributed by atoms with E-state index in [0.29, 0.717) is 0 Å². The van der Waals surface area contributed by atoms with E-state index in [1.807, 2.05) is 4.58 Å². The maximum absolute atomic E-state index is 11.0. The quantitative estimate of drug-likeness (QED) is 0.439. The molecule has 0 saturated carbocycles. The third-order valence-corrected chi connectivity index (χ3v) is 0.843. The van der Waals surface area contributed by atoms with Crippen molar-refractivity contribution < 1.29 is 13.2 Å².